The molecule has 0 atom stereocenters. The van der Waals surface area contributed by atoms with Gasteiger partial charge in [-0.1, -0.05) is 0 Å². The minimum atomic E-state index is -4.19. The first-order chi connectivity index (χ1) is 7.38. The second kappa shape index (κ2) is 5.09. The summed E-state index contributed by atoms with van der Waals surface area (Å²) in [6.45, 7) is 1.78. The third-order valence-corrected chi connectivity index (χ3v) is 2.10. The highest BCUT2D eigenvalue weighted by molar-refractivity contribution is 5.95. The molecule has 0 aliphatic carbocycles. The average molecular weight is 231 g/mol. The molecule has 1 rings (SSSR count). The van der Waals surface area contributed by atoms with Gasteiger partial charge in [0.1, 0.15) is 0 Å². The summed E-state index contributed by atoms with van der Waals surface area (Å²) in [4.78, 5) is 15.3. The lowest BCUT2D eigenvalue weighted by atomic mass is 10.1. The van der Waals surface area contributed by atoms with Crippen LogP contribution in [0.2, 0.25) is 0 Å². The molecule has 16 heavy (non-hydrogen) atoms. The first kappa shape index (κ1) is 12.7. The fraction of sp³-hybridized carbons (Fsp3) is 0.455. The highest BCUT2D eigenvalue weighted by Crippen LogP contribution is 2.22. The molecule has 0 unspecified atom stereocenters. The summed E-state index contributed by atoms with van der Waals surface area (Å²) in [6, 6.07) is 3.25. The molecule has 1 aromatic heterocycles. The zero-order chi connectivity index (χ0) is 12.2. The van der Waals surface area contributed by atoms with Crippen LogP contribution < -0.4 is 0 Å². The third-order valence-electron chi connectivity index (χ3n) is 2.10. The van der Waals surface area contributed by atoms with Gasteiger partial charge in [-0.3, -0.25) is 9.78 Å². The largest absolute Gasteiger partial charge is 0.389 e. The van der Waals surface area contributed by atoms with Gasteiger partial charge in [-0.05, 0) is 25.5 Å². The number of alkyl halides is 3. The fourth-order valence-electron chi connectivity index (χ4n) is 1.23. The first-order valence-electron chi connectivity index (χ1n) is 4.91. The summed E-state index contributed by atoms with van der Waals surface area (Å²) in [5, 5.41) is 0. The highest BCUT2D eigenvalue weighted by Gasteiger charge is 2.26. The van der Waals surface area contributed by atoms with Gasteiger partial charge in [-0.2, -0.15) is 13.2 Å². The number of hydrogen-bond acceptors (Lipinski definition) is 2. The minimum absolute atomic E-state index is 0.0930. The molecule has 0 aromatic carbocycles. The average Bonchev–Trinajstić information content (AvgIpc) is 2.16. The summed E-state index contributed by atoms with van der Waals surface area (Å²) in [7, 11) is 0. The van der Waals surface area contributed by atoms with Crippen molar-refractivity contribution in [1.82, 2.24) is 4.98 Å². The number of nitrogens with zero attached hydrogens (tertiary/aromatic N) is 1. The van der Waals surface area contributed by atoms with Crippen LogP contribution in [0.5, 0.6) is 0 Å². The van der Waals surface area contributed by atoms with Crippen molar-refractivity contribution in [3.63, 3.8) is 0 Å². The van der Waals surface area contributed by atoms with Crippen molar-refractivity contribution in [3.8, 4) is 0 Å². The number of rotatable bonds is 4. The summed E-state index contributed by atoms with van der Waals surface area (Å²) in [5.74, 6) is -0.295. The Morgan fingerprint density at radius 1 is 1.38 bits per heavy atom. The fourth-order valence-corrected chi connectivity index (χ4v) is 1.23. The molecule has 1 aromatic rings. The van der Waals surface area contributed by atoms with E-state index in [2.05, 4.69) is 4.98 Å². The Morgan fingerprint density at radius 2 is 2.06 bits per heavy atom. The van der Waals surface area contributed by atoms with Crippen molar-refractivity contribution in [2.75, 3.05) is 0 Å². The lowest BCUT2D eigenvalue weighted by Gasteiger charge is -2.05. The SMILES string of the molecule is Cc1ccc(C(=O)CCCC(F)(F)F)cn1. The van der Waals surface area contributed by atoms with Crippen LogP contribution in [0.1, 0.15) is 35.3 Å². The number of pyridine rings is 1. The van der Waals surface area contributed by atoms with E-state index in [0.29, 0.717) is 5.56 Å². The maximum absolute atomic E-state index is 11.8. The van der Waals surface area contributed by atoms with E-state index >= 15 is 0 Å². The van der Waals surface area contributed by atoms with Gasteiger partial charge in [0.25, 0.3) is 0 Å². The van der Waals surface area contributed by atoms with Gasteiger partial charge in [0.15, 0.2) is 5.78 Å². The van der Waals surface area contributed by atoms with Gasteiger partial charge in [-0.25, -0.2) is 0 Å². The van der Waals surface area contributed by atoms with E-state index in [1.807, 2.05) is 0 Å². The maximum Gasteiger partial charge on any atom is 0.389 e. The van der Waals surface area contributed by atoms with Crippen LogP contribution in [0.25, 0.3) is 0 Å². The monoisotopic (exact) mass is 231 g/mol. The van der Waals surface area contributed by atoms with E-state index in [1.54, 1.807) is 19.1 Å². The lowest BCUT2D eigenvalue weighted by molar-refractivity contribution is -0.135. The Morgan fingerprint density at radius 3 is 2.56 bits per heavy atom. The van der Waals surface area contributed by atoms with E-state index < -0.39 is 12.6 Å². The van der Waals surface area contributed by atoms with Crippen molar-refractivity contribution in [1.29, 1.82) is 0 Å². The Kier molecular flexibility index (Phi) is 4.04. The molecule has 0 amide bonds. The predicted octanol–water partition coefficient (Wildman–Crippen LogP) is 3.31. The van der Waals surface area contributed by atoms with Crippen molar-refractivity contribution in [2.24, 2.45) is 0 Å². The number of aromatic nitrogens is 1. The maximum atomic E-state index is 11.8. The second-order valence-electron chi connectivity index (χ2n) is 3.58. The number of aryl methyl sites for hydroxylation is 1. The van der Waals surface area contributed by atoms with Crippen molar-refractivity contribution < 1.29 is 18.0 Å². The van der Waals surface area contributed by atoms with Crippen LogP contribution >= 0.6 is 0 Å². The Bertz CT molecular complexity index is 356. The van der Waals surface area contributed by atoms with E-state index in [4.69, 9.17) is 0 Å². The number of ketones is 1. The van der Waals surface area contributed by atoms with Gasteiger partial charge in [0.05, 0.1) is 0 Å². The number of carbonyl (C=O) groups is 1. The second-order valence-corrected chi connectivity index (χ2v) is 3.58. The van der Waals surface area contributed by atoms with E-state index in [1.165, 1.54) is 6.20 Å². The molecule has 2 nitrogen and oxygen atoms in total. The van der Waals surface area contributed by atoms with Crippen LogP contribution in [-0.2, 0) is 0 Å². The van der Waals surface area contributed by atoms with E-state index in [-0.39, 0.29) is 18.6 Å². The van der Waals surface area contributed by atoms with Crippen molar-refractivity contribution in [2.45, 2.75) is 32.4 Å². The smallest absolute Gasteiger partial charge is 0.294 e. The molecule has 5 heteroatoms. The number of carbonyl (C=O) groups excluding carboxylic acids is 1. The molecule has 88 valence electrons. The zero-order valence-corrected chi connectivity index (χ0v) is 8.84. The van der Waals surface area contributed by atoms with Gasteiger partial charge in [-0.15, -0.1) is 0 Å². The Labute approximate surface area is 91.5 Å². The summed E-state index contributed by atoms with van der Waals surface area (Å²) in [5.41, 5.74) is 1.14. The normalized spacial score (nSPS) is 11.5. The van der Waals surface area contributed by atoms with Gasteiger partial charge >= 0.3 is 6.18 Å². The quantitative estimate of drug-likeness (QED) is 0.744. The lowest BCUT2D eigenvalue weighted by Crippen LogP contribution is -2.08. The van der Waals surface area contributed by atoms with Gasteiger partial charge in [0, 0.05) is 30.3 Å². The molecule has 0 bridgehead atoms. The number of Topliss-reactive ketones (excluding diaryl/α,β-unsaturated/α-hetero) is 1. The zero-order valence-electron chi connectivity index (χ0n) is 8.84. The molecule has 0 fully saturated rings. The Balaban J connectivity index is 2.44. The van der Waals surface area contributed by atoms with Gasteiger partial charge in [0.2, 0.25) is 0 Å². The van der Waals surface area contributed by atoms with Crippen molar-refractivity contribution >= 4 is 5.78 Å². The summed E-state index contributed by atoms with van der Waals surface area (Å²) in [6.07, 6.45) is -3.98. The number of hydrogen-bond donors (Lipinski definition) is 0. The molecule has 0 saturated carbocycles. The predicted molar refractivity (Wildman–Crippen MR) is 53.2 cm³/mol. The van der Waals surface area contributed by atoms with Crippen LogP contribution in [0.4, 0.5) is 13.2 Å². The van der Waals surface area contributed by atoms with E-state index in [0.717, 1.165) is 5.69 Å². The van der Waals surface area contributed by atoms with Gasteiger partial charge < -0.3 is 0 Å². The summed E-state index contributed by atoms with van der Waals surface area (Å²) >= 11 is 0. The molecule has 0 radical (unpaired) electrons. The highest BCUT2D eigenvalue weighted by atomic mass is 19.4. The topological polar surface area (TPSA) is 30.0 Å². The molecule has 0 spiro atoms. The summed E-state index contributed by atoms with van der Waals surface area (Å²) < 4.78 is 35.5. The van der Waals surface area contributed by atoms with E-state index in [9.17, 15) is 18.0 Å². The molecular formula is C11H12F3NO. The van der Waals surface area contributed by atoms with Crippen LogP contribution in [0.15, 0.2) is 18.3 Å². The molecule has 0 aliphatic heterocycles. The van der Waals surface area contributed by atoms with Crippen LogP contribution in [-0.4, -0.2) is 16.9 Å². The molecule has 1 heterocycles. The molecule has 0 N–H and O–H groups in total. The minimum Gasteiger partial charge on any atom is -0.294 e. The molecular weight excluding hydrogens is 219 g/mol. The molecule has 0 saturated heterocycles. The van der Waals surface area contributed by atoms with Crippen LogP contribution in [0.3, 0.4) is 0 Å². The van der Waals surface area contributed by atoms with Crippen molar-refractivity contribution in [3.05, 3.63) is 29.6 Å². The third kappa shape index (κ3) is 4.42. The first-order valence-corrected chi connectivity index (χ1v) is 4.91. The van der Waals surface area contributed by atoms with Crippen LogP contribution in [0, 0.1) is 6.92 Å². The Hall–Kier alpha value is -1.39. The number of halogens is 3. The molecule has 0 aliphatic rings. The standard InChI is InChI=1S/C11H12F3NO/c1-8-4-5-9(7-15-8)10(16)3-2-6-11(12,13)14/h4-5,7H,2-3,6H2,1H3.